The van der Waals surface area contributed by atoms with E-state index in [-0.39, 0.29) is 0 Å². The van der Waals surface area contributed by atoms with Gasteiger partial charge in [0.25, 0.3) is 0 Å². The van der Waals surface area contributed by atoms with Crippen LogP contribution in [0.3, 0.4) is 0 Å². The van der Waals surface area contributed by atoms with Gasteiger partial charge in [0, 0.05) is 23.2 Å². The highest BCUT2D eigenvalue weighted by Gasteiger charge is 2.18. The van der Waals surface area contributed by atoms with Gasteiger partial charge in [0.15, 0.2) is 0 Å². The standard InChI is InChI=1S/C15H20ClN3/c1-4-10(2)9-13-14(15(17)19(3)18-13)11-7-5-6-8-12(11)16/h5-8,10H,4,9,17H2,1-3H3. The van der Waals surface area contributed by atoms with Crippen molar-refractivity contribution in [1.82, 2.24) is 9.78 Å². The van der Waals surface area contributed by atoms with Crippen LogP contribution in [0, 0.1) is 5.92 Å². The fourth-order valence-electron chi connectivity index (χ4n) is 2.17. The minimum Gasteiger partial charge on any atom is -0.383 e. The van der Waals surface area contributed by atoms with E-state index in [2.05, 4.69) is 18.9 Å². The molecule has 0 bridgehead atoms. The number of nitrogens with two attached hydrogens (primary N) is 1. The summed E-state index contributed by atoms with van der Waals surface area (Å²) in [7, 11) is 1.87. The third kappa shape index (κ3) is 2.76. The van der Waals surface area contributed by atoms with Crippen LogP contribution in [0.5, 0.6) is 0 Å². The van der Waals surface area contributed by atoms with Crippen LogP contribution < -0.4 is 5.73 Å². The fraction of sp³-hybridized carbons (Fsp3) is 0.400. The number of nitrogen functional groups attached to an aromatic ring is 1. The van der Waals surface area contributed by atoms with E-state index < -0.39 is 0 Å². The Balaban J connectivity index is 2.53. The second kappa shape index (κ2) is 5.66. The molecule has 0 saturated carbocycles. The number of benzene rings is 1. The van der Waals surface area contributed by atoms with Crippen molar-refractivity contribution in [3.05, 3.63) is 35.0 Å². The Bertz CT molecular complexity index is 575. The maximum atomic E-state index is 6.29. The zero-order chi connectivity index (χ0) is 14.0. The highest BCUT2D eigenvalue weighted by Crippen LogP contribution is 2.35. The second-order valence-corrected chi connectivity index (χ2v) is 5.44. The van der Waals surface area contributed by atoms with Crippen molar-refractivity contribution in [3.8, 4) is 11.1 Å². The molecule has 19 heavy (non-hydrogen) atoms. The van der Waals surface area contributed by atoms with Gasteiger partial charge in [0.1, 0.15) is 5.82 Å². The molecule has 4 heteroatoms. The molecule has 0 radical (unpaired) electrons. The van der Waals surface area contributed by atoms with Crippen LogP contribution in [-0.4, -0.2) is 9.78 Å². The van der Waals surface area contributed by atoms with E-state index in [0.29, 0.717) is 16.8 Å². The molecule has 2 rings (SSSR count). The molecule has 0 amide bonds. The van der Waals surface area contributed by atoms with Gasteiger partial charge in [-0.25, -0.2) is 0 Å². The highest BCUT2D eigenvalue weighted by atomic mass is 35.5. The maximum Gasteiger partial charge on any atom is 0.129 e. The van der Waals surface area contributed by atoms with E-state index in [9.17, 15) is 0 Å². The first-order chi connectivity index (χ1) is 9.04. The first kappa shape index (κ1) is 13.9. The van der Waals surface area contributed by atoms with E-state index in [4.69, 9.17) is 17.3 Å². The smallest absolute Gasteiger partial charge is 0.129 e. The molecule has 102 valence electrons. The summed E-state index contributed by atoms with van der Waals surface area (Å²) in [5.74, 6) is 1.25. The average Bonchev–Trinajstić information content (AvgIpc) is 2.66. The number of aryl methyl sites for hydroxylation is 1. The van der Waals surface area contributed by atoms with Crippen molar-refractivity contribution >= 4 is 17.4 Å². The molecule has 2 N–H and O–H groups in total. The van der Waals surface area contributed by atoms with Crippen LogP contribution in [-0.2, 0) is 13.5 Å². The quantitative estimate of drug-likeness (QED) is 0.921. The lowest BCUT2D eigenvalue weighted by Gasteiger charge is -2.09. The zero-order valence-electron chi connectivity index (χ0n) is 11.7. The van der Waals surface area contributed by atoms with Gasteiger partial charge in [-0.15, -0.1) is 0 Å². The van der Waals surface area contributed by atoms with E-state index in [1.54, 1.807) is 4.68 Å². The van der Waals surface area contributed by atoms with Gasteiger partial charge >= 0.3 is 0 Å². The molecule has 0 spiro atoms. The van der Waals surface area contributed by atoms with E-state index in [1.807, 2.05) is 31.3 Å². The molecule has 3 nitrogen and oxygen atoms in total. The van der Waals surface area contributed by atoms with Crippen LogP contribution in [0.25, 0.3) is 11.1 Å². The van der Waals surface area contributed by atoms with Gasteiger partial charge in [-0.05, 0) is 18.4 Å². The lowest BCUT2D eigenvalue weighted by atomic mass is 9.97. The van der Waals surface area contributed by atoms with Crippen LogP contribution in [0.15, 0.2) is 24.3 Å². The number of rotatable bonds is 4. The van der Waals surface area contributed by atoms with Crippen molar-refractivity contribution in [2.45, 2.75) is 26.7 Å². The summed E-state index contributed by atoms with van der Waals surface area (Å²) in [4.78, 5) is 0. The van der Waals surface area contributed by atoms with Crippen LogP contribution in [0.1, 0.15) is 26.0 Å². The molecule has 0 aliphatic carbocycles. The predicted octanol–water partition coefficient (Wildman–Crippen LogP) is 3.91. The molecular weight excluding hydrogens is 258 g/mol. The third-order valence-electron chi connectivity index (χ3n) is 3.55. The Labute approximate surface area is 119 Å². The summed E-state index contributed by atoms with van der Waals surface area (Å²) in [6.07, 6.45) is 2.04. The Morgan fingerprint density at radius 1 is 1.37 bits per heavy atom. The van der Waals surface area contributed by atoms with E-state index in [1.165, 1.54) is 0 Å². The number of aromatic nitrogens is 2. The largest absolute Gasteiger partial charge is 0.383 e. The number of halogens is 1. The minimum atomic E-state index is 0.579. The summed E-state index contributed by atoms with van der Waals surface area (Å²) >= 11 is 6.29. The Hall–Kier alpha value is -1.48. The van der Waals surface area contributed by atoms with Crippen molar-refractivity contribution < 1.29 is 0 Å². The Kier molecular flexibility index (Phi) is 4.15. The Morgan fingerprint density at radius 2 is 2.05 bits per heavy atom. The van der Waals surface area contributed by atoms with Crippen molar-refractivity contribution in [2.24, 2.45) is 13.0 Å². The molecule has 1 aromatic heterocycles. The molecule has 1 atom stereocenters. The summed E-state index contributed by atoms with van der Waals surface area (Å²) in [6.45, 7) is 4.41. The molecule has 2 aromatic rings. The highest BCUT2D eigenvalue weighted by molar-refractivity contribution is 6.33. The third-order valence-corrected chi connectivity index (χ3v) is 3.88. The molecule has 1 heterocycles. The zero-order valence-corrected chi connectivity index (χ0v) is 12.4. The van der Waals surface area contributed by atoms with Crippen molar-refractivity contribution in [1.29, 1.82) is 0 Å². The SMILES string of the molecule is CCC(C)Cc1nn(C)c(N)c1-c1ccccc1Cl. The minimum absolute atomic E-state index is 0.579. The first-order valence-electron chi connectivity index (χ1n) is 6.60. The predicted molar refractivity (Wildman–Crippen MR) is 81.2 cm³/mol. The number of nitrogens with zero attached hydrogens (tertiary/aromatic N) is 2. The summed E-state index contributed by atoms with van der Waals surface area (Å²) < 4.78 is 1.73. The van der Waals surface area contributed by atoms with Crippen molar-refractivity contribution in [3.63, 3.8) is 0 Å². The average molecular weight is 278 g/mol. The van der Waals surface area contributed by atoms with E-state index >= 15 is 0 Å². The van der Waals surface area contributed by atoms with Gasteiger partial charge in [-0.2, -0.15) is 5.10 Å². The van der Waals surface area contributed by atoms with Gasteiger partial charge in [0.2, 0.25) is 0 Å². The van der Waals surface area contributed by atoms with Crippen LogP contribution >= 0.6 is 11.6 Å². The second-order valence-electron chi connectivity index (χ2n) is 5.03. The monoisotopic (exact) mass is 277 g/mol. The molecule has 0 saturated heterocycles. The van der Waals surface area contributed by atoms with Crippen LogP contribution in [0.4, 0.5) is 5.82 Å². The van der Waals surface area contributed by atoms with Crippen molar-refractivity contribution in [2.75, 3.05) is 5.73 Å². The lowest BCUT2D eigenvalue weighted by Crippen LogP contribution is -2.00. The number of hydrogen-bond donors (Lipinski definition) is 1. The number of hydrogen-bond acceptors (Lipinski definition) is 2. The molecule has 1 aromatic carbocycles. The molecule has 0 fully saturated rings. The molecule has 1 unspecified atom stereocenters. The summed E-state index contributed by atoms with van der Waals surface area (Å²) in [5.41, 5.74) is 9.14. The maximum absolute atomic E-state index is 6.29. The topological polar surface area (TPSA) is 43.8 Å². The van der Waals surface area contributed by atoms with Crippen LogP contribution in [0.2, 0.25) is 5.02 Å². The molecule has 0 aliphatic rings. The van der Waals surface area contributed by atoms with Gasteiger partial charge in [-0.1, -0.05) is 50.1 Å². The summed E-state index contributed by atoms with van der Waals surface area (Å²) in [6, 6.07) is 7.78. The lowest BCUT2D eigenvalue weighted by molar-refractivity contribution is 0.547. The first-order valence-corrected chi connectivity index (χ1v) is 6.98. The van der Waals surface area contributed by atoms with Gasteiger partial charge in [-0.3, -0.25) is 4.68 Å². The number of anilines is 1. The van der Waals surface area contributed by atoms with Gasteiger partial charge < -0.3 is 5.73 Å². The molecule has 0 aliphatic heterocycles. The normalized spacial score (nSPS) is 12.6. The molecular formula is C15H20ClN3. The van der Waals surface area contributed by atoms with E-state index in [0.717, 1.165) is 29.7 Å². The van der Waals surface area contributed by atoms with Gasteiger partial charge in [0.05, 0.1) is 5.69 Å². The Morgan fingerprint density at radius 3 is 2.68 bits per heavy atom. The summed E-state index contributed by atoms with van der Waals surface area (Å²) in [5, 5.41) is 5.26. The fourth-order valence-corrected chi connectivity index (χ4v) is 2.40.